The normalized spacial score (nSPS) is 24.8. The fourth-order valence-electron chi connectivity index (χ4n) is 4.69. The molecule has 32 heavy (non-hydrogen) atoms. The fourth-order valence-corrected chi connectivity index (χ4v) is 4.89. The summed E-state index contributed by atoms with van der Waals surface area (Å²) in [6, 6.07) is 1.10. The van der Waals surface area contributed by atoms with Crippen LogP contribution in [0.5, 0.6) is 0 Å². The molecule has 2 aliphatic rings. The number of piperidine rings is 1. The van der Waals surface area contributed by atoms with Crippen molar-refractivity contribution in [2.75, 3.05) is 13.7 Å². The van der Waals surface area contributed by atoms with Gasteiger partial charge in [-0.05, 0) is 31.6 Å². The van der Waals surface area contributed by atoms with E-state index >= 15 is 0 Å². The van der Waals surface area contributed by atoms with Crippen molar-refractivity contribution >= 4 is 29.1 Å². The van der Waals surface area contributed by atoms with E-state index in [0.717, 1.165) is 0 Å². The number of esters is 1. The Morgan fingerprint density at radius 3 is 2.78 bits per heavy atom. The van der Waals surface area contributed by atoms with Crippen LogP contribution < -0.4 is 11.1 Å². The number of nitrogens with two attached hydrogens (primary N) is 1. The Bertz CT molecular complexity index is 1030. The summed E-state index contributed by atoms with van der Waals surface area (Å²) in [5.41, 5.74) is 6.30. The molecular formula is C21H26ClF2N5O3. The van der Waals surface area contributed by atoms with E-state index in [-0.39, 0.29) is 30.2 Å². The summed E-state index contributed by atoms with van der Waals surface area (Å²) in [4.78, 5) is 29.7. The second-order valence-electron chi connectivity index (χ2n) is 8.74. The number of rotatable bonds is 5. The number of alkyl halides is 2. The van der Waals surface area contributed by atoms with Crippen molar-refractivity contribution < 1.29 is 23.1 Å². The van der Waals surface area contributed by atoms with Crippen LogP contribution in [0.25, 0.3) is 5.65 Å². The third-order valence-electron chi connectivity index (χ3n) is 6.65. The van der Waals surface area contributed by atoms with E-state index in [9.17, 15) is 18.4 Å². The van der Waals surface area contributed by atoms with Crippen LogP contribution in [0.4, 0.5) is 8.78 Å². The topological polar surface area (TPSA) is 112 Å². The first-order valence-electron chi connectivity index (χ1n) is 10.7. The van der Waals surface area contributed by atoms with Gasteiger partial charge in [0.1, 0.15) is 0 Å². The Hall–Kier alpha value is -2.33. The van der Waals surface area contributed by atoms with E-state index < -0.39 is 29.3 Å². The summed E-state index contributed by atoms with van der Waals surface area (Å²) in [6.45, 7) is 0.494. The molecule has 2 fully saturated rings. The molecule has 1 aliphatic carbocycles. The highest BCUT2D eigenvalue weighted by Gasteiger charge is 2.49. The van der Waals surface area contributed by atoms with Crippen molar-refractivity contribution in [1.82, 2.24) is 19.9 Å². The molecule has 0 spiro atoms. The fraction of sp³-hybridized carbons (Fsp3) is 0.619. The molecule has 8 nitrogen and oxygen atoms in total. The lowest BCUT2D eigenvalue weighted by molar-refractivity contribution is -0.161. The first-order valence-corrected chi connectivity index (χ1v) is 11.1. The van der Waals surface area contributed by atoms with Gasteiger partial charge in [-0.2, -0.15) is 5.10 Å². The number of carbonyl (C=O) groups is 2. The number of hydrogen-bond acceptors (Lipinski definition) is 6. The number of ether oxygens (including phenoxy) is 1. The van der Waals surface area contributed by atoms with E-state index in [4.69, 9.17) is 22.1 Å². The molecule has 3 heterocycles. The van der Waals surface area contributed by atoms with Gasteiger partial charge in [0.05, 0.1) is 35.8 Å². The van der Waals surface area contributed by atoms with Crippen LogP contribution in [0.15, 0.2) is 12.3 Å². The Kier molecular flexibility index (Phi) is 6.10. The maximum atomic E-state index is 13.5. The molecule has 1 aliphatic heterocycles. The standard InChI is InChI=1S/C21H26ClF2N5O3/c1-32-19(31)20(5-2-8-26-18(20)30)10-14-13(22)9-16-27-15(11-29(16)28-14)17(25)12-3-6-21(23,24)7-4-12/h9,11-12,17H,2-8,10,25H2,1H3,(H,26,30). The monoisotopic (exact) mass is 469 g/mol. The van der Waals surface area contributed by atoms with Crippen LogP contribution in [0.3, 0.4) is 0 Å². The highest BCUT2D eigenvalue weighted by molar-refractivity contribution is 6.31. The van der Waals surface area contributed by atoms with Gasteiger partial charge in [-0.1, -0.05) is 11.6 Å². The van der Waals surface area contributed by atoms with Crippen molar-refractivity contribution in [2.24, 2.45) is 17.1 Å². The minimum Gasteiger partial charge on any atom is -0.468 e. The van der Waals surface area contributed by atoms with Crippen molar-refractivity contribution in [3.05, 3.63) is 28.7 Å². The SMILES string of the molecule is COC(=O)C1(Cc2nn3cc(C(N)C4CCC(F)(F)CC4)nc3cc2Cl)CCCNC1=O. The maximum Gasteiger partial charge on any atom is 0.321 e. The molecule has 0 radical (unpaired) electrons. The van der Waals surface area contributed by atoms with Crippen molar-refractivity contribution in [2.45, 2.75) is 56.9 Å². The Morgan fingerprint density at radius 2 is 2.12 bits per heavy atom. The molecule has 2 aromatic heterocycles. The van der Waals surface area contributed by atoms with E-state index in [0.29, 0.717) is 49.3 Å². The summed E-state index contributed by atoms with van der Waals surface area (Å²) in [6.07, 6.45) is 2.90. The zero-order valence-corrected chi connectivity index (χ0v) is 18.5. The number of imidazole rings is 1. The number of carbonyl (C=O) groups excluding carboxylic acids is 2. The Morgan fingerprint density at radius 1 is 1.41 bits per heavy atom. The van der Waals surface area contributed by atoms with Crippen LogP contribution in [0.1, 0.15) is 56.0 Å². The Labute approximate surface area is 188 Å². The van der Waals surface area contributed by atoms with Gasteiger partial charge >= 0.3 is 5.97 Å². The van der Waals surface area contributed by atoms with Crippen molar-refractivity contribution in [3.63, 3.8) is 0 Å². The van der Waals surface area contributed by atoms with Crippen LogP contribution >= 0.6 is 11.6 Å². The third kappa shape index (κ3) is 4.17. The molecule has 1 saturated heterocycles. The second kappa shape index (κ2) is 8.55. The number of methoxy groups -OCH3 is 1. The lowest BCUT2D eigenvalue weighted by atomic mass is 9.76. The van der Waals surface area contributed by atoms with Crippen LogP contribution in [0, 0.1) is 11.3 Å². The van der Waals surface area contributed by atoms with Gasteiger partial charge in [0.25, 0.3) is 0 Å². The van der Waals surface area contributed by atoms with Gasteiger partial charge in [-0.25, -0.2) is 18.3 Å². The lowest BCUT2D eigenvalue weighted by Crippen LogP contribution is -2.52. The predicted molar refractivity (Wildman–Crippen MR) is 112 cm³/mol. The number of aromatic nitrogens is 3. The zero-order chi connectivity index (χ0) is 23.1. The van der Waals surface area contributed by atoms with Gasteiger partial charge in [0, 0.05) is 31.9 Å². The Balaban J connectivity index is 1.61. The van der Waals surface area contributed by atoms with E-state index in [1.807, 2.05) is 0 Å². The number of halogens is 3. The number of nitrogens with zero attached hydrogens (tertiary/aromatic N) is 3. The maximum absolute atomic E-state index is 13.5. The number of hydrogen-bond donors (Lipinski definition) is 2. The molecule has 11 heteroatoms. The summed E-state index contributed by atoms with van der Waals surface area (Å²) in [5.74, 6) is -3.76. The largest absolute Gasteiger partial charge is 0.468 e. The average Bonchev–Trinajstić information content (AvgIpc) is 3.17. The molecule has 1 saturated carbocycles. The summed E-state index contributed by atoms with van der Waals surface area (Å²) in [5, 5.41) is 7.49. The zero-order valence-electron chi connectivity index (χ0n) is 17.7. The van der Waals surface area contributed by atoms with Gasteiger partial charge in [-0.3, -0.25) is 9.59 Å². The van der Waals surface area contributed by atoms with Crippen LogP contribution in [0.2, 0.25) is 5.02 Å². The molecule has 2 unspecified atom stereocenters. The van der Waals surface area contributed by atoms with E-state index in [2.05, 4.69) is 15.4 Å². The second-order valence-corrected chi connectivity index (χ2v) is 9.14. The molecule has 2 atom stereocenters. The molecule has 1 amide bonds. The predicted octanol–water partition coefficient (Wildman–Crippen LogP) is 2.82. The first kappa shape index (κ1) is 22.8. The highest BCUT2D eigenvalue weighted by atomic mass is 35.5. The summed E-state index contributed by atoms with van der Waals surface area (Å²) in [7, 11) is 1.24. The van der Waals surface area contributed by atoms with E-state index in [1.54, 1.807) is 12.3 Å². The average molecular weight is 470 g/mol. The molecule has 3 N–H and O–H groups in total. The number of nitrogens with one attached hydrogen (secondary N) is 1. The summed E-state index contributed by atoms with van der Waals surface area (Å²) >= 11 is 6.43. The molecule has 0 bridgehead atoms. The molecular weight excluding hydrogens is 444 g/mol. The van der Waals surface area contributed by atoms with Crippen molar-refractivity contribution in [3.8, 4) is 0 Å². The molecule has 4 rings (SSSR count). The molecule has 174 valence electrons. The minimum atomic E-state index is -2.62. The summed E-state index contributed by atoms with van der Waals surface area (Å²) < 4.78 is 33.4. The highest BCUT2D eigenvalue weighted by Crippen LogP contribution is 2.40. The number of fused-ring (bicyclic) bond motifs is 1. The van der Waals surface area contributed by atoms with Gasteiger partial charge in [0.15, 0.2) is 11.1 Å². The van der Waals surface area contributed by atoms with Crippen LogP contribution in [-0.4, -0.2) is 46.1 Å². The van der Waals surface area contributed by atoms with Crippen molar-refractivity contribution in [1.29, 1.82) is 0 Å². The lowest BCUT2D eigenvalue weighted by Gasteiger charge is -2.33. The van der Waals surface area contributed by atoms with Crippen LogP contribution in [-0.2, 0) is 20.7 Å². The first-order chi connectivity index (χ1) is 15.1. The molecule has 0 aromatic carbocycles. The minimum absolute atomic E-state index is 0.0163. The van der Waals surface area contributed by atoms with E-state index in [1.165, 1.54) is 11.6 Å². The molecule has 2 aromatic rings. The van der Waals surface area contributed by atoms with Gasteiger partial charge in [0.2, 0.25) is 11.8 Å². The quantitative estimate of drug-likeness (QED) is 0.514. The third-order valence-corrected chi connectivity index (χ3v) is 6.98. The van der Waals surface area contributed by atoms with Gasteiger partial charge < -0.3 is 15.8 Å². The smallest absolute Gasteiger partial charge is 0.321 e. The number of amides is 1. The van der Waals surface area contributed by atoms with Gasteiger partial charge in [-0.15, -0.1) is 0 Å².